The molecule has 2 aromatic rings. The highest BCUT2D eigenvalue weighted by Crippen LogP contribution is 2.35. The summed E-state index contributed by atoms with van der Waals surface area (Å²) in [4.78, 5) is 11.2. The molecule has 100 valence electrons. The summed E-state index contributed by atoms with van der Waals surface area (Å²) in [7, 11) is 1.66. The summed E-state index contributed by atoms with van der Waals surface area (Å²) in [5, 5.41) is 0.814. The van der Waals surface area contributed by atoms with Gasteiger partial charge in [0.05, 0.1) is 0 Å². The van der Waals surface area contributed by atoms with Gasteiger partial charge in [0.2, 0.25) is 0 Å². The number of methoxy groups -OCH3 is 1. The highest BCUT2D eigenvalue weighted by atomic mass is 16.6. The first-order chi connectivity index (χ1) is 9.26. The maximum Gasteiger partial charge on any atom is 0.336 e. The molecule has 0 aliphatic carbocycles. The standard InChI is InChI=1S/C14H14O5/c1-16-5-4-10-8-17-12-7-11-9(6-13(12)18-10)2-3-14(15)19-11/h2-3,6-7,10H,4-5,8H2,1H3. The van der Waals surface area contributed by atoms with E-state index in [0.29, 0.717) is 30.3 Å². The minimum Gasteiger partial charge on any atom is -0.486 e. The minimum absolute atomic E-state index is 0.0133. The van der Waals surface area contributed by atoms with Gasteiger partial charge in [0, 0.05) is 37.7 Å². The molecule has 0 amide bonds. The van der Waals surface area contributed by atoms with Crippen molar-refractivity contribution in [3.63, 3.8) is 0 Å². The minimum atomic E-state index is -0.373. The fraction of sp³-hybridized carbons (Fsp3) is 0.357. The van der Waals surface area contributed by atoms with Crippen LogP contribution < -0.4 is 15.1 Å². The maximum absolute atomic E-state index is 11.2. The summed E-state index contributed by atoms with van der Waals surface area (Å²) in [5.74, 6) is 1.28. The summed E-state index contributed by atoms with van der Waals surface area (Å²) >= 11 is 0. The fourth-order valence-electron chi connectivity index (χ4n) is 2.07. The van der Waals surface area contributed by atoms with Crippen LogP contribution in [0, 0.1) is 0 Å². The Labute approximate surface area is 109 Å². The van der Waals surface area contributed by atoms with Crippen molar-refractivity contribution >= 4 is 11.0 Å². The first-order valence-electron chi connectivity index (χ1n) is 6.12. The quantitative estimate of drug-likeness (QED) is 0.791. The van der Waals surface area contributed by atoms with Gasteiger partial charge >= 0.3 is 5.63 Å². The molecule has 1 unspecified atom stereocenters. The van der Waals surface area contributed by atoms with Crippen LogP contribution in [-0.2, 0) is 4.74 Å². The van der Waals surface area contributed by atoms with E-state index in [9.17, 15) is 4.79 Å². The van der Waals surface area contributed by atoms with Gasteiger partial charge in [-0.3, -0.25) is 0 Å². The average Bonchev–Trinajstić information content (AvgIpc) is 2.42. The lowest BCUT2D eigenvalue weighted by Crippen LogP contribution is -2.30. The Kier molecular flexibility index (Phi) is 3.13. The van der Waals surface area contributed by atoms with E-state index >= 15 is 0 Å². The lowest BCUT2D eigenvalue weighted by Gasteiger charge is -2.26. The van der Waals surface area contributed by atoms with Gasteiger partial charge in [-0.2, -0.15) is 0 Å². The lowest BCUT2D eigenvalue weighted by atomic mass is 10.2. The van der Waals surface area contributed by atoms with E-state index in [-0.39, 0.29) is 11.7 Å². The van der Waals surface area contributed by atoms with Gasteiger partial charge in [0.1, 0.15) is 18.3 Å². The molecule has 5 heteroatoms. The average molecular weight is 262 g/mol. The Balaban J connectivity index is 1.92. The van der Waals surface area contributed by atoms with Gasteiger partial charge in [0.25, 0.3) is 0 Å². The molecule has 19 heavy (non-hydrogen) atoms. The topological polar surface area (TPSA) is 57.9 Å². The Hall–Kier alpha value is -2.01. The van der Waals surface area contributed by atoms with Crippen molar-refractivity contribution in [1.82, 2.24) is 0 Å². The van der Waals surface area contributed by atoms with Crippen LogP contribution in [0.25, 0.3) is 11.0 Å². The van der Waals surface area contributed by atoms with Crippen LogP contribution in [0.1, 0.15) is 6.42 Å². The summed E-state index contributed by atoms with van der Waals surface area (Å²) in [6.07, 6.45) is 0.762. The fourth-order valence-corrected chi connectivity index (χ4v) is 2.07. The molecule has 1 aliphatic rings. The van der Waals surface area contributed by atoms with Crippen LogP contribution in [0.15, 0.2) is 33.5 Å². The molecule has 1 aromatic carbocycles. The second-order valence-electron chi connectivity index (χ2n) is 4.42. The lowest BCUT2D eigenvalue weighted by molar-refractivity contribution is 0.0614. The van der Waals surface area contributed by atoms with E-state index in [1.54, 1.807) is 19.2 Å². The number of rotatable bonds is 3. The van der Waals surface area contributed by atoms with E-state index in [2.05, 4.69) is 0 Å². The second kappa shape index (κ2) is 4.93. The SMILES string of the molecule is COCCC1COc2cc3oc(=O)ccc3cc2O1. The summed E-state index contributed by atoms with van der Waals surface area (Å²) in [6, 6.07) is 6.62. The number of fused-ring (bicyclic) bond motifs is 2. The summed E-state index contributed by atoms with van der Waals surface area (Å²) in [6.45, 7) is 1.10. The summed E-state index contributed by atoms with van der Waals surface area (Å²) < 4.78 is 21.6. The molecule has 0 N–H and O–H groups in total. The van der Waals surface area contributed by atoms with E-state index in [4.69, 9.17) is 18.6 Å². The molecule has 1 aliphatic heterocycles. The van der Waals surface area contributed by atoms with Crippen molar-refractivity contribution in [3.8, 4) is 11.5 Å². The maximum atomic E-state index is 11.2. The van der Waals surface area contributed by atoms with Crippen LogP contribution >= 0.6 is 0 Å². The molecular formula is C14H14O5. The van der Waals surface area contributed by atoms with Gasteiger partial charge in [-0.1, -0.05) is 0 Å². The van der Waals surface area contributed by atoms with Crippen LogP contribution in [0.5, 0.6) is 11.5 Å². The number of hydrogen-bond donors (Lipinski definition) is 0. The van der Waals surface area contributed by atoms with Crippen molar-refractivity contribution < 1.29 is 18.6 Å². The Morgan fingerprint density at radius 3 is 3.05 bits per heavy atom. The number of benzene rings is 1. The molecule has 0 spiro atoms. The van der Waals surface area contributed by atoms with Gasteiger partial charge < -0.3 is 18.6 Å². The molecule has 3 rings (SSSR count). The van der Waals surface area contributed by atoms with Crippen molar-refractivity contribution in [1.29, 1.82) is 0 Å². The van der Waals surface area contributed by atoms with Crippen LogP contribution in [-0.4, -0.2) is 26.4 Å². The van der Waals surface area contributed by atoms with E-state index in [1.807, 2.05) is 6.07 Å². The van der Waals surface area contributed by atoms with Crippen LogP contribution in [0.3, 0.4) is 0 Å². The Morgan fingerprint density at radius 2 is 2.21 bits per heavy atom. The molecular weight excluding hydrogens is 248 g/mol. The van der Waals surface area contributed by atoms with E-state index in [0.717, 1.165) is 11.8 Å². The third kappa shape index (κ3) is 2.42. The van der Waals surface area contributed by atoms with Crippen molar-refractivity contribution in [2.24, 2.45) is 0 Å². The zero-order valence-corrected chi connectivity index (χ0v) is 10.5. The van der Waals surface area contributed by atoms with Crippen molar-refractivity contribution in [2.45, 2.75) is 12.5 Å². The first-order valence-corrected chi connectivity index (χ1v) is 6.12. The monoisotopic (exact) mass is 262 g/mol. The molecule has 2 heterocycles. The van der Waals surface area contributed by atoms with Crippen LogP contribution in [0.4, 0.5) is 0 Å². The van der Waals surface area contributed by atoms with Gasteiger partial charge in [-0.25, -0.2) is 4.79 Å². The van der Waals surface area contributed by atoms with Gasteiger partial charge in [-0.05, 0) is 12.1 Å². The third-order valence-corrected chi connectivity index (χ3v) is 3.05. The highest BCUT2D eigenvalue weighted by Gasteiger charge is 2.21. The Bertz CT molecular complexity index is 646. The zero-order chi connectivity index (χ0) is 13.2. The highest BCUT2D eigenvalue weighted by molar-refractivity contribution is 5.80. The molecule has 1 aromatic heterocycles. The summed E-state index contributed by atoms with van der Waals surface area (Å²) in [5.41, 5.74) is 0.132. The van der Waals surface area contributed by atoms with Gasteiger partial charge in [-0.15, -0.1) is 0 Å². The molecule has 0 radical (unpaired) electrons. The number of ether oxygens (including phenoxy) is 3. The molecule has 0 fully saturated rings. The molecule has 5 nitrogen and oxygen atoms in total. The number of hydrogen-bond acceptors (Lipinski definition) is 5. The predicted octanol–water partition coefficient (Wildman–Crippen LogP) is 1.97. The van der Waals surface area contributed by atoms with E-state index < -0.39 is 0 Å². The molecule has 0 saturated carbocycles. The van der Waals surface area contributed by atoms with Crippen molar-refractivity contribution in [3.05, 3.63) is 34.7 Å². The smallest absolute Gasteiger partial charge is 0.336 e. The molecule has 0 bridgehead atoms. The zero-order valence-electron chi connectivity index (χ0n) is 10.5. The molecule has 1 atom stereocenters. The third-order valence-electron chi connectivity index (χ3n) is 3.05. The molecule has 0 saturated heterocycles. The predicted molar refractivity (Wildman–Crippen MR) is 68.9 cm³/mol. The normalized spacial score (nSPS) is 17.6. The van der Waals surface area contributed by atoms with E-state index in [1.165, 1.54) is 6.07 Å². The largest absolute Gasteiger partial charge is 0.486 e. The Morgan fingerprint density at radius 1 is 1.32 bits per heavy atom. The van der Waals surface area contributed by atoms with Gasteiger partial charge in [0.15, 0.2) is 11.5 Å². The van der Waals surface area contributed by atoms with Crippen LogP contribution in [0.2, 0.25) is 0 Å². The first kappa shape index (κ1) is 12.0. The second-order valence-corrected chi connectivity index (χ2v) is 4.42. The van der Waals surface area contributed by atoms with Crippen molar-refractivity contribution in [2.75, 3.05) is 20.3 Å².